The number of halogens is 1. The molecule has 0 saturated heterocycles. The first kappa shape index (κ1) is 11.9. The zero-order valence-corrected chi connectivity index (χ0v) is 11.1. The fraction of sp³-hybridized carbons (Fsp3) is 0.286. The molecule has 0 unspecified atom stereocenters. The highest BCUT2D eigenvalue weighted by Crippen LogP contribution is 2.43. The highest BCUT2D eigenvalue weighted by Gasteiger charge is 2.32. The smallest absolute Gasteiger partial charge is 0.213 e. The molecule has 5 heteroatoms. The molecule has 0 amide bonds. The maximum Gasteiger partial charge on any atom is 0.213 e. The summed E-state index contributed by atoms with van der Waals surface area (Å²) in [7, 11) is 2.03. The predicted molar refractivity (Wildman–Crippen MR) is 73.2 cm³/mol. The molecule has 98 valence electrons. The molecule has 1 atom stereocenters. The number of anilines is 3. The second-order valence-electron chi connectivity index (χ2n) is 4.77. The molecule has 0 saturated carbocycles. The summed E-state index contributed by atoms with van der Waals surface area (Å²) in [6.45, 7) is 3.99. The molecular formula is C14H15FN4. The average molecular weight is 258 g/mol. The van der Waals surface area contributed by atoms with E-state index in [0.717, 1.165) is 22.6 Å². The van der Waals surface area contributed by atoms with Crippen LogP contribution >= 0.6 is 0 Å². The molecule has 0 N–H and O–H groups in total. The molecule has 19 heavy (non-hydrogen) atoms. The highest BCUT2D eigenvalue weighted by molar-refractivity contribution is 5.83. The number of hydrogen-bond acceptors (Lipinski definition) is 4. The van der Waals surface area contributed by atoms with E-state index in [1.165, 1.54) is 6.07 Å². The highest BCUT2D eigenvalue weighted by atomic mass is 19.1. The monoisotopic (exact) mass is 258 g/mol. The summed E-state index contributed by atoms with van der Waals surface area (Å²) in [6, 6.07) is 3.43. The quantitative estimate of drug-likeness (QED) is 0.736. The van der Waals surface area contributed by atoms with Crippen LogP contribution in [0.4, 0.5) is 21.5 Å². The van der Waals surface area contributed by atoms with Crippen molar-refractivity contribution in [3.63, 3.8) is 0 Å². The van der Waals surface area contributed by atoms with E-state index < -0.39 is 5.95 Å². The van der Waals surface area contributed by atoms with Crippen LogP contribution in [0.2, 0.25) is 0 Å². The number of nitrogens with zero attached hydrogens (tertiary/aromatic N) is 4. The molecule has 4 nitrogen and oxygen atoms in total. The van der Waals surface area contributed by atoms with Gasteiger partial charge >= 0.3 is 0 Å². The van der Waals surface area contributed by atoms with Crippen molar-refractivity contribution in [3.05, 3.63) is 42.2 Å². The van der Waals surface area contributed by atoms with Crippen LogP contribution in [0.1, 0.15) is 12.5 Å². The summed E-state index contributed by atoms with van der Waals surface area (Å²) in [4.78, 5) is 12.2. The van der Waals surface area contributed by atoms with Crippen LogP contribution in [-0.2, 0) is 0 Å². The van der Waals surface area contributed by atoms with E-state index in [-0.39, 0.29) is 6.17 Å². The van der Waals surface area contributed by atoms with Crippen molar-refractivity contribution in [2.45, 2.75) is 20.0 Å². The van der Waals surface area contributed by atoms with Crippen LogP contribution in [0.25, 0.3) is 0 Å². The summed E-state index contributed by atoms with van der Waals surface area (Å²) in [5, 5.41) is 0. The van der Waals surface area contributed by atoms with Gasteiger partial charge in [0.2, 0.25) is 5.95 Å². The third-order valence-electron chi connectivity index (χ3n) is 3.66. The number of pyridine rings is 2. The van der Waals surface area contributed by atoms with Gasteiger partial charge < -0.3 is 9.80 Å². The lowest BCUT2D eigenvalue weighted by Crippen LogP contribution is -2.36. The van der Waals surface area contributed by atoms with E-state index in [4.69, 9.17) is 0 Å². The minimum atomic E-state index is -0.448. The molecule has 0 spiro atoms. The van der Waals surface area contributed by atoms with E-state index in [1.54, 1.807) is 12.4 Å². The van der Waals surface area contributed by atoms with E-state index in [0.29, 0.717) is 0 Å². The van der Waals surface area contributed by atoms with Crippen molar-refractivity contribution in [3.8, 4) is 0 Å². The van der Waals surface area contributed by atoms with E-state index in [2.05, 4.69) is 26.7 Å². The van der Waals surface area contributed by atoms with Crippen LogP contribution in [0.5, 0.6) is 0 Å². The summed E-state index contributed by atoms with van der Waals surface area (Å²) in [5.74, 6) is -0.448. The largest absolute Gasteiger partial charge is 0.351 e. The Morgan fingerprint density at radius 3 is 2.74 bits per heavy atom. The summed E-state index contributed by atoms with van der Waals surface area (Å²) >= 11 is 0. The lowest BCUT2D eigenvalue weighted by atomic mass is 10.2. The van der Waals surface area contributed by atoms with Crippen LogP contribution in [0.15, 0.2) is 30.7 Å². The molecule has 2 aromatic rings. The molecule has 0 fully saturated rings. The Bertz CT molecular complexity index is 629. The van der Waals surface area contributed by atoms with Gasteiger partial charge in [-0.25, -0.2) is 4.98 Å². The van der Waals surface area contributed by atoms with Gasteiger partial charge in [-0.3, -0.25) is 4.98 Å². The van der Waals surface area contributed by atoms with Crippen molar-refractivity contribution in [2.75, 3.05) is 16.8 Å². The van der Waals surface area contributed by atoms with Gasteiger partial charge in [0, 0.05) is 13.2 Å². The Labute approximate surface area is 111 Å². The maximum absolute atomic E-state index is 13.2. The average Bonchev–Trinajstić information content (AvgIpc) is 2.64. The van der Waals surface area contributed by atoms with Gasteiger partial charge in [-0.2, -0.15) is 4.39 Å². The maximum atomic E-state index is 13.2. The molecule has 3 rings (SSSR count). The minimum absolute atomic E-state index is 0.144. The van der Waals surface area contributed by atoms with Gasteiger partial charge in [0.25, 0.3) is 0 Å². The lowest BCUT2D eigenvalue weighted by molar-refractivity contribution is 0.581. The Hall–Kier alpha value is -2.17. The number of fused-ring (bicyclic) bond motifs is 1. The molecule has 0 radical (unpaired) electrons. The molecule has 0 aromatic carbocycles. The summed E-state index contributed by atoms with van der Waals surface area (Å²) in [6.07, 6.45) is 5.34. The number of hydrogen-bond donors (Lipinski definition) is 0. The summed E-state index contributed by atoms with van der Waals surface area (Å²) < 4.78 is 13.2. The van der Waals surface area contributed by atoms with E-state index in [1.807, 2.05) is 26.2 Å². The molecular weight excluding hydrogens is 243 g/mol. The standard InChI is InChI=1S/C14H15FN4/c1-9-6-14(15)17-8-12(9)19-10(2)18(3)13-7-16-5-4-11(13)19/h4-8,10H,1-3H3/t10-/m0/s1. The van der Waals surface area contributed by atoms with Crippen LogP contribution in [0.3, 0.4) is 0 Å². The van der Waals surface area contributed by atoms with Crippen LogP contribution < -0.4 is 9.80 Å². The molecule has 2 aromatic heterocycles. The predicted octanol–water partition coefficient (Wildman–Crippen LogP) is 2.86. The van der Waals surface area contributed by atoms with Crippen molar-refractivity contribution in [1.82, 2.24) is 9.97 Å². The van der Waals surface area contributed by atoms with Crippen LogP contribution in [-0.4, -0.2) is 23.2 Å². The molecule has 1 aliphatic rings. The van der Waals surface area contributed by atoms with Crippen LogP contribution in [0, 0.1) is 12.9 Å². The molecule has 3 heterocycles. The van der Waals surface area contributed by atoms with E-state index >= 15 is 0 Å². The first-order chi connectivity index (χ1) is 9.09. The Morgan fingerprint density at radius 2 is 2.00 bits per heavy atom. The topological polar surface area (TPSA) is 32.3 Å². The molecule has 1 aliphatic heterocycles. The fourth-order valence-corrected chi connectivity index (χ4v) is 2.53. The third-order valence-corrected chi connectivity index (χ3v) is 3.66. The van der Waals surface area contributed by atoms with Crippen molar-refractivity contribution < 1.29 is 4.39 Å². The molecule has 0 bridgehead atoms. The third kappa shape index (κ3) is 1.73. The van der Waals surface area contributed by atoms with Crippen molar-refractivity contribution in [1.29, 1.82) is 0 Å². The van der Waals surface area contributed by atoms with Gasteiger partial charge in [-0.1, -0.05) is 0 Å². The van der Waals surface area contributed by atoms with Crippen molar-refractivity contribution >= 4 is 17.1 Å². The van der Waals surface area contributed by atoms with Crippen molar-refractivity contribution in [2.24, 2.45) is 0 Å². The number of aromatic nitrogens is 2. The second-order valence-corrected chi connectivity index (χ2v) is 4.77. The van der Waals surface area contributed by atoms with Gasteiger partial charge in [0.15, 0.2) is 0 Å². The minimum Gasteiger partial charge on any atom is -0.351 e. The SMILES string of the molecule is Cc1cc(F)ncc1N1c2ccncc2N(C)[C@@H]1C. The first-order valence-corrected chi connectivity index (χ1v) is 6.18. The van der Waals surface area contributed by atoms with Gasteiger partial charge in [-0.15, -0.1) is 0 Å². The lowest BCUT2D eigenvalue weighted by Gasteiger charge is -2.28. The van der Waals surface area contributed by atoms with Gasteiger partial charge in [-0.05, 0) is 31.5 Å². The Kier molecular flexibility index (Phi) is 2.62. The zero-order valence-electron chi connectivity index (χ0n) is 11.1. The first-order valence-electron chi connectivity index (χ1n) is 6.18. The summed E-state index contributed by atoms with van der Waals surface area (Å²) in [5.41, 5.74) is 3.93. The normalized spacial score (nSPS) is 17.8. The van der Waals surface area contributed by atoms with E-state index in [9.17, 15) is 4.39 Å². The zero-order chi connectivity index (χ0) is 13.6. The Morgan fingerprint density at radius 1 is 1.21 bits per heavy atom. The number of rotatable bonds is 1. The molecule has 0 aliphatic carbocycles. The van der Waals surface area contributed by atoms with Gasteiger partial charge in [0.05, 0.1) is 29.5 Å². The second kappa shape index (κ2) is 4.19. The number of aryl methyl sites for hydroxylation is 1. The van der Waals surface area contributed by atoms with Gasteiger partial charge in [0.1, 0.15) is 6.17 Å². The fourth-order valence-electron chi connectivity index (χ4n) is 2.53. The Balaban J connectivity index is 2.15.